The summed E-state index contributed by atoms with van der Waals surface area (Å²) in [4.78, 5) is 11.9. The first-order chi connectivity index (χ1) is 11.5. The number of nitrogens with one attached hydrogen (secondary N) is 1. The summed E-state index contributed by atoms with van der Waals surface area (Å²) in [5.74, 6) is 2.50. The number of methoxy groups -OCH3 is 1. The predicted molar refractivity (Wildman–Crippen MR) is 95.8 cm³/mol. The Hall–Kier alpha value is -2.02. The molecule has 0 unspecified atom stereocenters. The third kappa shape index (κ3) is 4.99. The first-order valence-electron chi connectivity index (χ1n) is 7.97. The van der Waals surface area contributed by atoms with Crippen molar-refractivity contribution in [3.05, 3.63) is 30.1 Å². The highest BCUT2D eigenvalue weighted by molar-refractivity contribution is 7.99. The fourth-order valence-electron chi connectivity index (χ4n) is 2.15. The Balaban J connectivity index is 2.00. The van der Waals surface area contributed by atoms with Gasteiger partial charge >= 0.3 is 0 Å². The molecule has 0 saturated carbocycles. The summed E-state index contributed by atoms with van der Waals surface area (Å²) in [6.45, 7) is 6.88. The summed E-state index contributed by atoms with van der Waals surface area (Å²) in [6.07, 6.45) is 0.984. The van der Waals surface area contributed by atoms with Gasteiger partial charge in [0.15, 0.2) is 5.16 Å². The molecule has 1 aromatic heterocycles. The van der Waals surface area contributed by atoms with Crippen LogP contribution < -0.4 is 10.1 Å². The maximum Gasteiger partial charge on any atom is 0.230 e. The number of carbonyl (C=O) groups excluding carboxylic acids is 1. The summed E-state index contributed by atoms with van der Waals surface area (Å²) < 4.78 is 7.12. The van der Waals surface area contributed by atoms with Crippen molar-refractivity contribution in [1.29, 1.82) is 0 Å². The number of rotatable bonds is 8. The predicted octanol–water partition coefficient (Wildman–Crippen LogP) is 2.84. The third-order valence-corrected chi connectivity index (χ3v) is 4.43. The average Bonchev–Trinajstić information content (AvgIpc) is 2.93. The van der Waals surface area contributed by atoms with Crippen molar-refractivity contribution in [2.45, 2.75) is 32.3 Å². The molecule has 7 heteroatoms. The van der Waals surface area contributed by atoms with Crippen molar-refractivity contribution >= 4 is 17.7 Å². The Labute approximate surface area is 147 Å². The fourth-order valence-corrected chi connectivity index (χ4v) is 2.97. The van der Waals surface area contributed by atoms with Crippen molar-refractivity contribution in [1.82, 2.24) is 20.1 Å². The summed E-state index contributed by atoms with van der Waals surface area (Å²) in [5.41, 5.74) is 0.945. The van der Waals surface area contributed by atoms with Crippen LogP contribution in [-0.2, 0) is 4.79 Å². The van der Waals surface area contributed by atoms with E-state index in [1.165, 1.54) is 11.8 Å². The van der Waals surface area contributed by atoms with Crippen LogP contribution in [0.3, 0.4) is 0 Å². The van der Waals surface area contributed by atoms with E-state index >= 15 is 0 Å². The zero-order chi connectivity index (χ0) is 17.5. The third-order valence-electron chi connectivity index (χ3n) is 3.50. The summed E-state index contributed by atoms with van der Waals surface area (Å²) >= 11 is 1.39. The minimum absolute atomic E-state index is 0.0163. The molecule has 1 amide bonds. The zero-order valence-electron chi connectivity index (χ0n) is 14.6. The molecule has 0 aliphatic rings. The number of amides is 1. The second-order valence-corrected chi connectivity index (χ2v) is 6.83. The van der Waals surface area contributed by atoms with E-state index in [2.05, 4.69) is 29.4 Å². The molecule has 1 heterocycles. The highest BCUT2D eigenvalue weighted by Crippen LogP contribution is 2.23. The van der Waals surface area contributed by atoms with E-state index in [9.17, 15) is 4.79 Å². The average molecular weight is 348 g/mol. The van der Waals surface area contributed by atoms with Crippen LogP contribution in [-0.4, -0.2) is 40.1 Å². The van der Waals surface area contributed by atoms with Crippen molar-refractivity contribution in [2.75, 3.05) is 19.4 Å². The highest BCUT2D eigenvalue weighted by atomic mass is 32.2. The molecule has 24 heavy (non-hydrogen) atoms. The number of nitrogens with zero attached hydrogens (tertiary/aromatic N) is 3. The van der Waals surface area contributed by atoms with Crippen molar-refractivity contribution in [2.24, 2.45) is 5.92 Å². The van der Waals surface area contributed by atoms with E-state index < -0.39 is 0 Å². The Bertz CT molecular complexity index is 668. The number of aryl methyl sites for hydroxylation is 1. The molecule has 2 aromatic rings. The van der Waals surface area contributed by atoms with Gasteiger partial charge in [0.05, 0.1) is 12.9 Å². The number of hydrogen-bond acceptors (Lipinski definition) is 5. The molecule has 0 saturated heterocycles. The normalized spacial score (nSPS) is 10.9. The molecule has 0 radical (unpaired) electrons. The van der Waals surface area contributed by atoms with Crippen LogP contribution in [0.5, 0.6) is 5.75 Å². The monoisotopic (exact) mass is 348 g/mol. The minimum atomic E-state index is 0.0163. The van der Waals surface area contributed by atoms with Crippen molar-refractivity contribution in [3.8, 4) is 11.4 Å². The highest BCUT2D eigenvalue weighted by Gasteiger charge is 2.13. The van der Waals surface area contributed by atoms with Crippen LogP contribution in [0.1, 0.15) is 26.1 Å². The number of carbonyl (C=O) groups is 1. The molecule has 6 nitrogen and oxygen atoms in total. The molecule has 0 atom stereocenters. The van der Waals surface area contributed by atoms with Gasteiger partial charge in [-0.1, -0.05) is 25.6 Å². The molecule has 0 aliphatic heterocycles. The van der Waals surface area contributed by atoms with E-state index in [4.69, 9.17) is 4.74 Å². The summed E-state index contributed by atoms with van der Waals surface area (Å²) in [7, 11) is 1.64. The molecular weight excluding hydrogens is 324 g/mol. The number of hydrogen-bond donors (Lipinski definition) is 1. The number of benzene rings is 1. The lowest BCUT2D eigenvalue weighted by atomic mass is 10.1. The molecule has 1 N–H and O–H groups in total. The zero-order valence-corrected chi connectivity index (χ0v) is 15.4. The molecule has 0 spiro atoms. The molecule has 0 aliphatic carbocycles. The summed E-state index contributed by atoms with van der Waals surface area (Å²) in [6, 6.07) is 7.67. The van der Waals surface area contributed by atoms with Crippen molar-refractivity contribution < 1.29 is 9.53 Å². The molecule has 2 rings (SSSR count). The van der Waals surface area contributed by atoms with Crippen LogP contribution >= 0.6 is 11.8 Å². The van der Waals surface area contributed by atoms with Gasteiger partial charge in [-0.3, -0.25) is 9.36 Å². The van der Waals surface area contributed by atoms with E-state index in [-0.39, 0.29) is 5.91 Å². The van der Waals surface area contributed by atoms with E-state index in [1.54, 1.807) is 7.11 Å². The SMILES string of the molecule is COc1ccc(-n2c(C)nnc2SCC(=O)NCCC(C)C)cc1. The minimum Gasteiger partial charge on any atom is -0.497 e. The lowest BCUT2D eigenvalue weighted by molar-refractivity contribution is -0.118. The standard InChI is InChI=1S/C17H24N4O2S/c1-12(2)9-10-18-16(22)11-24-17-20-19-13(3)21(17)14-5-7-15(23-4)8-6-14/h5-8,12H,9-11H2,1-4H3,(H,18,22). The van der Waals surface area contributed by atoms with E-state index in [1.807, 2.05) is 35.8 Å². The maximum atomic E-state index is 11.9. The van der Waals surface area contributed by atoms with E-state index in [0.717, 1.165) is 23.7 Å². The Morgan fingerprint density at radius 1 is 1.29 bits per heavy atom. The molecule has 0 bridgehead atoms. The Morgan fingerprint density at radius 3 is 2.62 bits per heavy atom. The van der Waals surface area contributed by atoms with Gasteiger partial charge in [-0.05, 0) is 43.5 Å². The first-order valence-corrected chi connectivity index (χ1v) is 8.95. The lowest BCUT2D eigenvalue weighted by Crippen LogP contribution is -2.27. The molecule has 1 aromatic carbocycles. The van der Waals surface area contributed by atoms with Gasteiger partial charge in [0, 0.05) is 12.2 Å². The van der Waals surface area contributed by atoms with Gasteiger partial charge in [-0.25, -0.2) is 0 Å². The summed E-state index contributed by atoms with van der Waals surface area (Å²) in [5, 5.41) is 11.9. The van der Waals surface area contributed by atoms with Gasteiger partial charge in [-0.2, -0.15) is 0 Å². The lowest BCUT2D eigenvalue weighted by Gasteiger charge is -2.10. The fraction of sp³-hybridized carbons (Fsp3) is 0.471. The van der Waals surface area contributed by atoms with Gasteiger partial charge in [0.25, 0.3) is 0 Å². The topological polar surface area (TPSA) is 69.0 Å². The Kier molecular flexibility index (Phi) is 6.66. The molecule has 130 valence electrons. The van der Waals surface area contributed by atoms with E-state index in [0.29, 0.717) is 23.4 Å². The number of aromatic nitrogens is 3. The smallest absolute Gasteiger partial charge is 0.230 e. The van der Waals surface area contributed by atoms with Crippen molar-refractivity contribution in [3.63, 3.8) is 0 Å². The Morgan fingerprint density at radius 2 is 2.00 bits per heavy atom. The largest absolute Gasteiger partial charge is 0.497 e. The number of ether oxygens (including phenoxy) is 1. The van der Waals surface area contributed by atoms with Crippen LogP contribution in [0.2, 0.25) is 0 Å². The number of thioether (sulfide) groups is 1. The van der Waals surface area contributed by atoms with Gasteiger partial charge in [0.2, 0.25) is 5.91 Å². The molecular formula is C17H24N4O2S. The van der Waals surface area contributed by atoms with Gasteiger partial charge < -0.3 is 10.1 Å². The van der Waals surface area contributed by atoms with Gasteiger partial charge in [0.1, 0.15) is 11.6 Å². The van der Waals surface area contributed by atoms with Crippen LogP contribution in [0.15, 0.2) is 29.4 Å². The maximum absolute atomic E-state index is 11.9. The van der Waals surface area contributed by atoms with Crippen LogP contribution in [0, 0.1) is 12.8 Å². The first kappa shape index (κ1) is 18.3. The quantitative estimate of drug-likeness (QED) is 0.743. The van der Waals surface area contributed by atoms with Crippen LogP contribution in [0.4, 0.5) is 0 Å². The van der Waals surface area contributed by atoms with Gasteiger partial charge in [-0.15, -0.1) is 10.2 Å². The molecule has 0 fully saturated rings. The second-order valence-electron chi connectivity index (χ2n) is 5.88. The van der Waals surface area contributed by atoms with Crippen LogP contribution in [0.25, 0.3) is 5.69 Å². The second kappa shape index (κ2) is 8.73.